The maximum Gasteiger partial charge on any atom is 0.109 e. The van der Waals surface area contributed by atoms with Crippen molar-refractivity contribution in [3.8, 4) is 0 Å². The maximum absolute atomic E-state index is 4.32. The third kappa shape index (κ3) is 2.77. The van der Waals surface area contributed by atoms with Crippen LogP contribution in [0.5, 0.6) is 0 Å². The number of nitrogens with zero attached hydrogens (tertiary/aromatic N) is 1. The minimum atomic E-state index is 0.387. The normalized spacial score (nSPS) is 28.1. The molecule has 3 unspecified atom stereocenters. The van der Waals surface area contributed by atoms with E-state index in [1.165, 1.54) is 5.01 Å². The van der Waals surface area contributed by atoms with Crippen LogP contribution >= 0.6 is 11.3 Å². The summed E-state index contributed by atoms with van der Waals surface area (Å²) >= 11 is 1.73. The molecule has 1 aromatic rings. The van der Waals surface area contributed by atoms with Gasteiger partial charge in [0.15, 0.2) is 0 Å². The highest BCUT2D eigenvalue weighted by atomic mass is 32.1. The Morgan fingerprint density at radius 3 is 3.13 bits per heavy atom. The van der Waals surface area contributed by atoms with Gasteiger partial charge in [0.05, 0.1) is 6.04 Å². The minimum Gasteiger partial charge on any atom is -0.316 e. The molecule has 84 valence electrons. The van der Waals surface area contributed by atoms with E-state index in [0.29, 0.717) is 6.04 Å². The van der Waals surface area contributed by atoms with E-state index < -0.39 is 0 Å². The lowest BCUT2D eigenvalue weighted by molar-refractivity contribution is 0.399. The summed E-state index contributed by atoms with van der Waals surface area (Å²) in [6.07, 6.45) is 1.87. The van der Waals surface area contributed by atoms with Crippen molar-refractivity contribution in [1.82, 2.24) is 15.6 Å². The third-order valence-corrected chi connectivity index (χ3v) is 4.14. The Morgan fingerprint density at radius 2 is 2.53 bits per heavy atom. The van der Waals surface area contributed by atoms with Gasteiger partial charge in [0.1, 0.15) is 5.01 Å². The molecule has 3 nitrogen and oxygen atoms in total. The lowest BCUT2D eigenvalue weighted by Crippen LogP contribution is -2.29. The molecule has 0 aliphatic carbocycles. The van der Waals surface area contributed by atoms with E-state index in [1.807, 2.05) is 11.6 Å². The van der Waals surface area contributed by atoms with Crippen LogP contribution < -0.4 is 10.6 Å². The molecule has 1 saturated heterocycles. The van der Waals surface area contributed by atoms with Gasteiger partial charge in [0.2, 0.25) is 0 Å². The smallest absolute Gasteiger partial charge is 0.109 e. The van der Waals surface area contributed by atoms with Crippen molar-refractivity contribution in [3.63, 3.8) is 0 Å². The molecule has 0 amide bonds. The fraction of sp³-hybridized carbons (Fsp3) is 0.727. The Labute approximate surface area is 95.3 Å². The summed E-state index contributed by atoms with van der Waals surface area (Å²) in [5.41, 5.74) is 0. The highest BCUT2D eigenvalue weighted by Crippen LogP contribution is 2.18. The maximum atomic E-state index is 4.32. The average Bonchev–Trinajstić information content (AvgIpc) is 2.85. The largest absolute Gasteiger partial charge is 0.316 e. The molecule has 0 spiro atoms. The zero-order valence-corrected chi connectivity index (χ0v) is 10.2. The summed E-state index contributed by atoms with van der Waals surface area (Å²) < 4.78 is 0. The highest BCUT2D eigenvalue weighted by molar-refractivity contribution is 7.09. The lowest BCUT2D eigenvalue weighted by Gasteiger charge is -2.18. The molecular weight excluding hydrogens is 206 g/mol. The Balaban J connectivity index is 1.78. The van der Waals surface area contributed by atoms with Crippen LogP contribution in [0.1, 0.15) is 24.9 Å². The number of rotatable bonds is 4. The van der Waals surface area contributed by atoms with Crippen molar-refractivity contribution in [2.45, 2.75) is 19.9 Å². The number of hydrogen-bond donors (Lipinski definition) is 2. The molecule has 2 rings (SSSR count). The SMILES string of the molecule is CC(NCC1CNCC1C)c1nccs1. The Kier molecular flexibility index (Phi) is 3.72. The van der Waals surface area contributed by atoms with Gasteiger partial charge in [-0.3, -0.25) is 0 Å². The van der Waals surface area contributed by atoms with Crippen molar-refractivity contribution in [2.75, 3.05) is 19.6 Å². The number of thiazole rings is 1. The van der Waals surface area contributed by atoms with Gasteiger partial charge in [-0.25, -0.2) is 4.98 Å². The summed E-state index contributed by atoms with van der Waals surface area (Å²) in [6, 6.07) is 0.387. The fourth-order valence-electron chi connectivity index (χ4n) is 2.00. The predicted molar refractivity (Wildman–Crippen MR) is 64.1 cm³/mol. The quantitative estimate of drug-likeness (QED) is 0.818. The summed E-state index contributed by atoms with van der Waals surface area (Å²) in [4.78, 5) is 4.32. The van der Waals surface area contributed by atoms with Gasteiger partial charge in [-0.15, -0.1) is 11.3 Å². The van der Waals surface area contributed by atoms with Crippen LogP contribution in [0.25, 0.3) is 0 Å². The minimum absolute atomic E-state index is 0.387. The van der Waals surface area contributed by atoms with E-state index >= 15 is 0 Å². The zero-order valence-electron chi connectivity index (χ0n) is 9.36. The fourth-order valence-corrected chi connectivity index (χ4v) is 2.67. The lowest BCUT2D eigenvalue weighted by atomic mass is 9.98. The molecule has 2 N–H and O–H groups in total. The van der Waals surface area contributed by atoms with Gasteiger partial charge in [-0.05, 0) is 31.8 Å². The van der Waals surface area contributed by atoms with E-state index in [0.717, 1.165) is 31.5 Å². The molecule has 0 bridgehead atoms. The van der Waals surface area contributed by atoms with Crippen molar-refractivity contribution in [3.05, 3.63) is 16.6 Å². The second kappa shape index (κ2) is 5.05. The molecule has 15 heavy (non-hydrogen) atoms. The van der Waals surface area contributed by atoms with Crippen molar-refractivity contribution in [1.29, 1.82) is 0 Å². The summed E-state index contributed by atoms with van der Waals surface area (Å²) in [7, 11) is 0. The van der Waals surface area contributed by atoms with Crippen LogP contribution in [0.2, 0.25) is 0 Å². The summed E-state index contributed by atoms with van der Waals surface area (Å²) in [6.45, 7) is 7.91. The Bertz CT molecular complexity index is 286. The third-order valence-electron chi connectivity index (χ3n) is 3.19. The molecule has 1 aromatic heterocycles. The Morgan fingerprint density at radius 1 is 1.67 bits per heavy atom. The van der Waals surface area contributed by atoms with Gasteiger partial charge in [-0.2, -0.15) is 0 Å². The van der Waals surface area contributed by atoms with E-state index in [9.17, 15) is 0 Å². The molecule has 0 saturated carbocycles. The zero-order chi connectivity index (χ0) is 10.7. The van der Waals surface area contributed by atoms with Crippen molar-refractivity contribution in [2.24, 2.45) is 11.8 Å². The average molecular weight is 225 g/mol. The number of aromatic nitrogens is 1. The first-order valence-electron chi connectivity index (χ1n) is 5.61. The molecule has 1 aliphatic rings. The molecular formula is C11H19N3S. The van der Waals surface area contributed by atoms with Crippen LogP contribution in [-0.4, -0.2) is 24.6 Å². The van der Waals surface area contributed by atoms with Crippen LogP contribution in [0.15, 0.2) is 11.6 Å². The highest BCUT2D eigenvalue weighted by Gasteiger charge is 2.23. The van der Waals surface area contributed by atoms with E-state index in [-0.39, 0.29) is 0 Å². The van der Waals surface area contributed by atoms with Gasteiger partial charge >= 0.3 is 0 Å². The molecule has 4 heteroatoms. The number of hydrogen-bond acceptors (Lipinski definition) is 4. The van der Waals surface area contributed by atoms with Crippen LogP contribution in [0.4, 0.5) is 0 Å². The molecule has 3 atom stereocenters. The van der Waals surface area contributed by atoms with Crippen LogP contribution in [0.3, 0.4) is 0 Å². The number of nitrogens with one attached hydrogen (secondary N) is 2. The molecule has 2 heterocycles. The predicted octanol–water partition coefficient (Wildman–Crippen LogP) is 1.65. The van der Waals surface area contributed by atoms with E-state index in [1.54, 1.807) is 11.3 Å². The van der Waals surface area contributed by atoms with Crippen LogP contribution in [0, 0.1) is 11.8 Å². The molecule has 0 radical (unpaired) electrons. The van der Waals surface area contributed by atoms with Crippen LogP contribution in [-0.2, 0) is 0 Å². The first kappa shape index (κ1) is 11.0. The van der Waals surface area contributed by atoms with Gasteiger partial charge in [0.25, 0.3) is 0 Å². The monoisotopic (exact) mass is 225 g/mol. The molecule has 1 fully saturated rings. The van der Waals surface area contributed by atoms with Crippen molar-refractivity contribution >= 4 is 11.3 Å². The van der Waals surface area contributed by atoms with Gasteiger partial charge in [-0.1, -0.05) is 6.92 Å². The second-order valence-electron chi connectivity index (χ2n) is 4.40. The first-order valence-corrected chi connectivity index (χ1v) is 6.49. The van der Waals surface area contributed by atoms with Gasteiger partial charge < -0.3 is 10.6 Å². The summed E-state index contributed by atoms with van der Waals surface area (Å²) in [5.74, 6) is 1.56. The van der Waals surface area contributed by atoms with E-state index in [2.05, 4.69) is 29.5 Å². The first-order chi connectivity index (χ1) is 7.27. The summed E-state index contributed by atoms with van der Waals surface area (Å²) in [5, 5.41) is 10.2. The van der Waals surface area contributed by atoms with Crippen molar-refractivity contribution < 1.29 is 0 Å². The molecule has 1 aliphatic heterocycles. The van der Waals surface area contributed by atoms with Gasteiger partial charge in [0, 0.05) is 18.1 Å². The Hall–Kier alpha value is -0.450. The topological polar surface area (TPSA) is 37.0 Å². The van der Waals surface area contributed by atoms with E-state index in [4.69, 9.17) is 0 Å². The standard InChI is InChI=1S/C11H19N3S/c1-8-5-12-6-10(8)7-14-9(2)11-13-3-4-15-11/h3-4,8-10,12,14H,5-7H2,1-2H3. The molecule has 0 aromatic carbocycles. The second-order valence-corrected chi connectivity index (χ2v) is 5.32.